The third-order valence-corrected chi connectivity index (χ3v) is 2.17. The smallest absolute Gasteiger partial charge is 0.387 e. The summed E-state index contributed by atoms with van der Waals surface area (Å²) in [6.07, 6.45) is 0. The lowest BCUT2D eigenvalue weighted by Gasteiger charge is -2.03. The maximum absolute atomic E-state index is 11.9. The van der Waals surface area contributed by atoms with Crippen LogP contribution in [-0.2, 0) is 0 Å². The zero-order valence-electron chi connectivity index (χ0n) is 7.73. The van der Waals surface area contributed by atoms with Crippen LogP contribution in [0.1, 0.15) is 0 Å². The number of hydrogen-bond acceptors (Lipinski definition) is 4. The van der Waals surface area contributed by atoms with E-state index in [2.05, 4.69) is 14.9 Å². The zero-order chi connectivity index (χ0) is 11.5. The second kappa shape index (κ2) is 4.73. The van der Waals surface area contributed by atoms with Gasteiger partial charge in [0.15, 0.2) is 0 Å². The molecule has 1 heterocycles. The van der Waals surface area contributed by atoms with Crippen molar-refractivity contribution < 1.29 is 18.0 Å². The van der Waals surface area contributed by atoms with Crippen molar-refractivity contribution in [3.8, 4) is 17.2 Å². The van der Waals surface area contributed by atoms with E-state index in [-0.39, 0.29) is 5.75 Å². The molecule has 0 bridgehead atoms. The summed E-state index contributed by atoms with van der Waals surface area (Å²) in [4.78, 5) is 3.99. The number of rotatable bonds is 3. The lowest BCUT2D eigenvalue weighted by molar-refractivity contribution is -0.0498. The second-order valence-corrected chi connectivity index (χ2v) is 3.74. The van der Waals surface area contributed by atoms with Crippen molar-refractivity contribution in [1.29, 1.82) is 0 Å². The fourth-order valence-corrected chi connectivity index (χ4v) is 1.42. The molecule has 0 saturated carbocycles. The molecule has 0 radical (unpaired) electrons. The molecule has 4 nitrogen and oxygen atoms in total. The lowest BCUT2D eigenvalue weighted by atomic mass is 10.2. The fraction of sp³-hybridized carbons (Fsp3) is 0.111. The molecule has 0 N–H and O–H groups in total. The predicted octanol–water partition coefficient (Wildman–Crippen LogP) is 2.94. The highest BCUT2D eigenvalue weighted by molar-refractivity contribution is 14.1. The molecular formula is C9H5F2IN2O2. The van der Waals surface area contributed by atoms with E-state index in [0.29, 0.717) is 15.3 Å². The predicted molar refractivity (Wildman–Crippen MR) is 59.1 cm³/mol. The van der Waals surface area contributed by atoms with Crippen molar-refractivity contribution in [2.75, 3.05) is 0 Å². The Morgan fingerprint density at radius 2 is 1.94 bits per heavy atom. The van der Waals surface area contributed by atoms with Crippen LogP contribution in [-0.4, -0.2) is 16.8 Å². The fourth-order valence-electron chi connectivity index (χ4n) is 1.10. The maximum Gasteiger partial charge on any atom is 0.387 e. The van der Waals surface area contributed by atoms with Crippen molar-refractivity contribution in [1.82, 2.24) is 10.1 Å². The molecule has 1 aromatic heterocycles. The minimum absolute atomic E-state index is 0.0907. The van der Waals surface area contributed by atoms with Crippen molar-refractivity contribution >= 4 is 22.6 Å². The molecule has 0 unspecified atom stereocenters. The number of ether oxygens (including phenoxy) is 1. The van der Waals surface area contributed by atoms with Gasteiger partial charge in [0, 0.05) is 28.2 Å². The van der Waals surface area contributed by atoms with E-state index in [9.17, 15) is 8.78 Å². The third kappa shape index (κ3) is 2.65. The highest BCUT2D eigenvalue weighted by atomic mass is 127. The number of aromatic nitrogens is 2. The summed E-state index contributed by atoms with van der Waals surface area (Å²) in [5.74, 6) is 0.431. The maximum atomic E-state index is 11.9. The van der Waals surface area contributed by atoms with Crippen LogP contribution >= 0.6 is 22.6 Å². The average Bonchev–Trinajstić information content (AvgIpc) is 2.65. The highest BCUT2D eigenvalue weighted by Crippen LogP contribution is 2.22. The minimum Gasteiger partial charge on any atom is -0.435 e. The molecule has 0 aliphatic heterocycles. The molecule has 1 aromatic carbocycles. The first kappa shape index (κ1) is 11.2. The largest absolute Gasteiger partial charge is 0.435 e. The molecule has 0 fully saturated rings. The Balaban J connectivity index is 2.19. The summed E-state index contributed by atoms with van der Waals surface area (Å²) in [6, 6.07) is 5.97. The van der Waals surface area contributed by atoms with Crippen LogP contribution in [0.25, 0.3) is 11.5 Å². The average molecular weight is 338 g/mol. The summed E-state index contributed by atoms with van der Waals surface area (Å²) in [7, 11) is 0. The Morgan fingerprint density at radius 3 is 2.44 bits per heavy atom. The summed E-state index contributed by atoms with van der Waals surface area (Å²) < 4.78 is 33.4. The number of nitrogens with zero attached hydrogens (tertiary/aromatic N) is 2. The van der Waals surface area contributed by atoms with Crippen LogP contribution < -0.4 is 4.74 Å². The molecule has 0 aliphatic carbocycles. The van der Waals surface area contributed by atoms with Gasteiger partial charge in [-0.05, 0) is 24.3 Å². The van der Waals surface area contributed by atoms with Gasteiger partial charge >= 0.3 is 6.61 Å². The number of halogens is 3. The molecule has 0 spiro atoms. The molecule has 2 aromatic rings. The first-order valence-electron chi connectivity index (χ1n) is 4.19. The lowest BCUT2D eigenvalue weighted by Crippen LogP contribution is -2.01. The summed E-state index contributed by atoms with van der Waals surface area (Å²) >= 11 is 1.91. The van der Waals surface area contributed by atoms with E-state index in [1.165, 1.54) is 12.1 Å². The third-order valence-electron chi connectivity index (χ3n) is 1.73. The molecular weight excluding hydrogens is 333 g/mol. The zero-order valence-corrected chi connectivity index (χ0v) is 9.89. The van der Waals surface area contributed by atoms with Crippen LogP contribution in [0.4, 0.5) is 8.78 Å². The normalized spacial score (nSPS) is 10.8. The summed E-state index contributed by atoms with van der Waals surface area (Å²) in [5.41, 5.74) is 0.650. The van der Waals surface area contributed by atoms with Crippen molar-refractivity contribution in [2.24, 2.45) is 0 Å². The van der Waals surface area contributed by atoms with Crippen molar-refractivity contribution in [3.05, 3.63) is 28.1 Å². The van der Waals surface area contributed by atoms with Gasteiger partial charge in [0.1, 0.15) is 5.75 Å². The Hall–Kier alpha value is -1.25. The van der Waals surface area contributed by atoms with Crippen LogP contribution in [0.15, 0.2) is 28.8 Å². The van der Waals surface area contributed by atoms with Gasteiger partial charge in [-0.3, -0.25) is 0 Å². The SMILES string of the molecule is FC(F)Oc1ccc(-c2nc(I)no2)cc1. The standard InChI is InChI=1S/C9H5F2IN2O2/c10-8(11)15-6-3-1-5(2-4-6)7-13-9(12)14-16-7/h1-4,8H. The van der Waals surface area contributed by atoms with Crippen molar-refractivity contribution in [3.63, 3.8) is 0 Å². The van der Waals surface area contributed by atoms with Crippen LogP contribution in [0.5, 0.6) is 5.75 Å². The first-order valence-corrected chi connectivity index (χ1v) is 5.27. The van der Waals surface area contributed by atoms with Crippen LogP contribution in [0, 0.1) is 3.83 Å². The van der Waals surface area contributed by atoms with Gasteiger partial charge in [-0.25, -0.2) is 0 Å². The van der Waals surface area contributed by atoms with Gasteiger partial charge in [-0.2, -0.15) is 13.8 Å². The van der Waals surface area contributed by atoms with Gasteiger partial charge in [-0.1, -0.05) is 5.16 Å². The van der Waals surface area contributed by atoms with Gasteiger partial charge in [-0.15, -0.1) is 0 Å². The second-order valence-electron chi connectivity index (χ2n) is 2.77. The minimum atomic E-state index is -2.82. The van der Waals surface area contributed by atoms with E-state index in [1.54, 1.807) is 12.1 Å². The molecule has 7 heteroatoms. The van der Waals surface area contributed by atoms with E-state index < -0.39 is 6.61 Å². The van der Waals surface area contributed by atoms with Crippen LogP contribution in [0.2, 0.25) is 0 Å². The highest BCUT2D eigenvalue weighted by Gasteiger charge is 2.08. The topological polar surface area (TPSA) is 48.2 Å². The number of alkyl halides is 2. The van der Waals surface area contributed by atoms with Gasteiger partial charge in [0.2, 0.25) is 3.83 Å². The van der Waals surface area contributed by atoms with E-state index in [1.807, 2.05) is 22.6 Å². The summed E-state index contributed by atoms with van der Waals surface area (Å²) in [5, 5.41) is 3.61. The number of hydrogen-bond donors (Lipinski definition) is 0. The van der Waals surface area contributed by atoms with Gasteiger partial charge in [0.25, 0.3) is 5.89 Å². The van der Waals surface area contributed by atoms with Crippen LogP contribution in [0.3, 0.4) is 0 Å². The summed E-state index contributed by atoms with van der Waals surface area (Å²) in [6.45, 7) is -2.82. The van der Waals surface area contributed by atoms with E-state index in [4.69, 9.17) is 4.52 Å². The first-order chi connectivity index (χ1) is 7.65. The van der Waals surface area contributed by atoms with Crippen molar-refractivity contribution in [2.45, 2.75) is 6.61 Å². The molecule has 0 atom stereocenters. The Kier molecular flexibility index (Phi) is 3.32. The van der Waals surface area contributed by atoms with Gasteiger partial charge in [0.05, 0.1) is 0 Å². The van der Waals surface area contributed by atoms with Gasteiger partial charge < -0.3 is 9.26 Å². The Morgan fingerprint density at radius 1 is 1.25 bits per heavy atom. The molecule has 0 saturated heterocycles. The molecule has 0 amide bonds. The monoisotopic (exact) mass is 338 g/mol. The molecule has 2 rings (SSSR count). The number of benzene rings is 1. The quantitative estimate of drug-likeness (QED) is 0.808. The Bertz CT molecular complexity index is 473. The van der Waals surface area contributed by atoms with E-state index >= 15 is 0 Å². The van der Waals surface area contributed by atoms with E-state index in [0.717, 1.165) is 0 Å². The molecule has 0 aliphatic rings. The Labute approximate surface area is 103 Å². The molecule has 84 valence electrons. The molecule has 16 heavy (non-hydrogen) atoms.